The Bertz CT molecular complexity index is 505. The summed E-state index contributed by atoms with van der Waals surface area (Å²) in [5.74, 6) is 0. The van der Waals surface area contributed by atoms with E-state index in [1.807, 2.05) is 0 Å². The second-order valence-electron chi connectivity index (χ2n) is 4.03. The van der Waals surface area contributed by atoms with E-state index >= 15 is 0 Å². The van der Waals surface area contributed by atoms with E-state index < -0.39 is 0 Å². The summed E-state index contributed by atoms with van der Waals surface area (Å²) in [5, 5.41) is 5.50. The van der Waals surface area contributed by atoms with Crippen LogP contribution in [0.15, 0.2) is 22.8 Å². The Hall–Kier alpha value is -0.700. The lowest BCUT2D eigenvalue weighted by atomic mass is 10.1. The molecule has 0 saturated carbocycles. The van der Waals surface area contributed by atoms with Gasteiger partial charge in [-0.1, -0.05) is 37.0 Å². The van der Waals surface area contributed by atoms with Gasteiger partial charge in [0.15, 0.2) is 5.58 Å². The first-order valence-electron chi connectivity index (χ1n) is 5.17. The van der Waals surface area contributed by atoms with E-state index in [9.17, 15) is 0 Å². The molecule has 0 saturated heterocycles. The lowest BCUT2D eigenvalue weighted by Gasteiger charge is -2.06. The SMILES string of the molecule is CC(C)NCc1coc2c(Cl)ccc(Cl)c12. The van der Waals surface area contributed by atoms with E-state index in [1.54, 1.807) is 18.4 Å². The molecule has 1 aromatic heterocycles. The number of rotatable bonds is 3. The van der Waals surface area contributed by atoms with Crippen LogP contribution in [0.25, 0.3) is 11.0 Å². The summed E-state index contributed by atoms with van der Waals surface area (Å²) in [6.07, 6.45) is 1.71. The predicted molar refractivity (Wildman–Crippen MR) is 68.2 cm³/mol. The number of nitrogens with one attached hydrogen (secondary N) is 1. The van der Waals surface area contributed by atoms with Crippen molar-refractivity contribution in [1.82, 2.24) is 5.32 Å². The van der Waals surface area contributed by atoms with Crippen LogP contribution in [0.3, 0.4) is 0 Å². The van der Waals surface area contributed by atoms with Gasteiger partial charge in [0.1, 0.15) is 0 Å². The largest absolute Gasteiger partial charge is 0.462 e. The van der Waals surface area contributed by atoms with E-state index in [-0.39, 0.29) is 0 Å². The van der Waals surface area contributed by atoms with E-state index in [0.29, 0.717) is 21.7 Å². The third-order valence-corrected chi connectivity index (χ3v) is 3.01. The molecular weight excluding hydrogens is 245 g/mol. The molecule has 0 fully saturated rings. The van der Waals surface area contributed by atoms with E-state index in [2.05, 4.69) is 19.2 Å². The summed E-state index contributed by atoms with van der Waals surface area (Å²) >= 11 is 12.2. The van der Waals surface area contributed by atoms with Crippen molar-refractivity contribution < 1.29 is 4.42 Å². The molecule has 0 radical (unpaired) electrons. The van der Waals surface area contributed by atoms with Crippen LogP contribution in [0.4, 0.5) is 0 Å². The minimum Gasteiger partial charge on any atom is -0.462 e. The van der Waals surface area contributed by atoms with Crippen molar-refractivity contribution in [3.05, 3.63) is 34.0 Å². The maximum atomic E-state index is 6.14. The normalized spacial score (nSPS) is 11.6. The second kappa shape index (κ2) is 4.66. The first-order valence-corrected chi connectivity index (χ1v) is 5.92. The Morgan fingerprint density at radius 3 is 2.62 bits per heavy atom. The summed E-state index contributed by atoms with van der Waals surface area (Å²) < 4.78 is 5.44. The van der Waals surface area contributed by atoms with Gasteiger partial charge in [0.2, 0.25) is 0 Å². The van der Waals surface area contributed by atoms with Gasteiger partial charge in [0.25, 0.3) is 0 Å². The molecule has 0 spiro atoms. The van der Waals surface area contributed by atoms with Crippen LogP contribution in [-0.4, -0.2) is 6.04 Å². The maximum absolute atomic E-state index is 6.14. The Morgan fingerprint density at radius 2 is 1.94 bits per heavy atom. The molecule has 1 aromatic carbocycles. The van der Waals surface area contributed by atoms with Crippen LogP contribution in [-0.2, 0) is 6.54 Å². The van der Waals surface area contributed by atoms with Gasteiger partial charge in [-0.3, -0.25) is 0 Å². The zero-order chi connectivity index (χ0) is 11.7. The number of halogens is 2. The summed E-state index contributed by atoms with van der Waals surface area (Å²) in [6.45, 7) is 4.92. The fraction of sp³-hybridized carbons (Fsp3) is 0.333. The summed E-state index contributed by atoms with van der Waals surface area (Å²) in [5.41, 5.74) is 1.70. The third-order valence-electron chi connectivity index (χ3n) is 2.40. The van der Waals surface area contributed by atoms with E-state index in [0.717, 1.165) is 17.5 Å². The highest BCUT2D eigenvalue weighted by molar-refractivity contribution is 6.39. The van der Waals surface area contributed by atoms with Gasteiger partial charge in [-0.2, -0.15) is 0 Å². The van der Waals surface area contributed by atoms with Crippen molar-refractivity contribution in [2.45, 2.75) is 26.4 Å². The lowest BCUT2D eigenvalue weighted by molar-refractivity contribution is 0.572. The minimum atomic E-state index is 0.419. The van der Waals surface area contributed by atoms with Gasteiger partial charge in [0.05, 0.1) is 16.3 Å². The van der Waals surface area contributed by atoms with Crippen LogP contribution >= 0.6 is 23.2 Å². The maximum Gasteiger partial charge on any atom is 0.154 e. The Kier molecular flexibility index (Phi) is 3.43. The molecule has 2 nitrogen and oxygen atoms in total. The number of benzene rings is 1. The molecule has 1 heterocycles. The van der Waals surface area contributed by atoms with Gasteiger partial charge < -0.3 is 9.73 Å². The van der Waals surface area contributed by atoms with Crippen molar-refractivity contribution in [1.29, 1.82) is 0 Å². The fourth-order valence-corrected chi connectivity index (χ4v) is 2.05. The van der Waals surface area contributed by atoms with Crippen LogP contribution in [0, 0.1) is 0 Å². The van der Waals surface area contributed by atoms with Gasteiger partial charge in [0, 0.05) is 23.5 Å². The minimum absolute atomic E-state index is 0.419. The molecule has 0 aliphatic rings. The number of hydrogen-bond donors (Lipinski definition) is 1. The molecule has 1 N–H and O–H groups in total. The third kappa shape index (κ3) is 2.19. The molecular formula is C12H13Cl2NO. The summed E-state index contributed by atoms with van der Waals surface area (Å²) in [7, 11) is 0. The molecule has 2 aromatic rings. The first kappa shape index (κ1) is 11.8. The lowest BCUT2D eigenvalue weighted by Crippen LogP contribution is -2.21. The van der Waals surface area contributed by atoms with Crippen molar-refractivity contribution in [3.8, 4) is 0 Å². The fourth-order valence-electron chi connectivity index (χ4n) is 1.58. The topological polar surface area (TPSA) is 25.2 Å². The van der Waals surface area contributed by atoms with Crippen LogP contribution < -0.4 is 5.32 Å². The van der Waals surface area contributed by atoms with Gasteiger partial charge in [-0.25, -0.2) is 0 Å². The van der Waals surface area contributed by atoms with Crippen LogP contribution in [0.2, 0.25) is 10.0 Å². The molecule has 0 aliphatic carbocycles. The van der Waals surface area contributed by atoms with Crippen molar-refractivity contribution >= 4 is 34.2 Å². The summed E-state index contributed by atoms with van der Waals surface area (Å²) in [4.78, 5) is 0. The molecule has 0 atom stereocenters. The zero-order valence-electron chi connectivity index (χ0n) is 9.18. The van der Waals surface area contributed by atoms with Gasteiger partial charge >= 0.3 is 0 Å². The molecule has 0 aliphatic heterocycles. The highest BCUT2D eigenvalue weighted by Crippen LogP contribution is 2.33. The van der Waals surface area contributed by atoms with Crippen LogP contribution in [0.5, 0.6) is 0 Å². The Labute approximate surface area is 105 Å². The van der Waals surface area contributed by atoms with Crippen molar-refractivity contribution in [2.75, 3.05) is 0 Å². The highest BCUT2D eigenvalue weighted by atomic mass is 35.5. The number of furan rings is 1. The average molecular weight is 258 g/mol. The average Bonchev–Trinajstić information content (AvgIpc) is 2.65. The second-order valence-corrected chi connectivity index (χ2v) is 4.84. The molecule has 0 amide bonds. The highest BCUT2D eigenvalue weighted by Gasteiger charge is 2.12. The molecule has 0 bridgehead atoms. The molecule has 2 rings (SSSR count). The van der Waals surface area contributed by atoms with Gasteiger partial charge in [-0.15, -0.1) is 0 Å². The quantitative estimate of drug-likeness (QED) is 0.890. The zero-order valence-corrected chi connectivity index (χ0v) is 10.7. The van der Waals surface area contributed by atoms with Crippen LogP contribution in [0.1, 0.15) is 19.4 Å². The number of hydrogen-bond acceptors (Lipinski definition) is 2. The Morgan fingerprint density at radius 1 is 1.25 bits per heavy atom. The Balaban J connectivity index is 2.43. The first-order chi connectivity index (χ1) is 7.59. The van der Waals surface area contributed by atoms with Gasteiger partial charge in [-0.05, 0) is 12.1 Å². The predicted octanol–water partition coefficient (Wildman–Crippen LogP) is 4.24. The van der Waals surface area contributed by atoms with Crippen molar-refractivity contribution in [2.24, 2.45) is 0 Å². The molecule has 0 unspecified atom stereocenters. The number of fused-ring (bicyclic) bond motifs is 1. The van der Waals surface area contributed by atoms with E-state index in [4.69, 9.17) is 27.6 Å². The summed E-state index contributed by atoms with van der Waals surface area (Å²) in [6, 6.07) is 3.96. The monoisotopic (exact) mass is 257 g/mol. The molecule has 86 valence electrons. The smallest absolute Gasteiger partial charge is 0.154 e. The van der Waals surface area contributed by atoms with E-state index in [1.165, 1.54) is 0 Å². The molecule has 16 heavy (non-hydrogen) atoms. The van der Waals surface area contributed by atoms with Crippen molar-refractivity contribution in [3.63, 3.8) is 0 Å². The molecule has 4 heteroatoms. The standard InChI is InChI=1S/C12H13Cl2NO/c1-7(2)15-5-8-6-16-12-10(14)4-3-9(13)11(8)12/h3-4,6-7,15H,5H2,1-2H3.